The van der Waals surface area contributed by atoms with Gasteiger partial charge in [0.25, 0.3) is 0 Å². The molecule has 29 heavy (non-hydrogen) atoms. The smallest absolute Gasteiger partial charge is 0.335 e. The molecule has 1 atom stereocenters. The zero-order valence-corrected chi connectivity index (χ0v) is 19.2. The van der Waals surface area contributed by atoms with Gasteiger partial charge < -0.3 is 21.1 Å². The van der Waals surface area contributed by atoms with E-state index in [-0.39, 0.29) is 16.6 Å². The van der Waals surface area contributed by atoms with Gasteiger partial charge in [-0.25, -0.2) is 4.79 Å². The highest BCUT2D eigenvalue weighted by Crippen LogP contribution is 2.29. The van der Waals surface area contributed by atoms with Gasteiger partial charge in [0.15, 0.2) is 5.11 Å². The molecule has 0 aliphatic carbocycles. The van der Waals surface area contributed by atoms with Crippen molar-refractivity contribution in [2.24, 2.45) is 0 Å². The number of nitrogens with one attached hydrogen (secondary N) is 3. The molecule has 0 radical (unpaired) electrons. The van der Waals surface area contributed by atoms with E-state index in [4.69, 9.17) is 52.1 Å². The summed E-state index contributed by atoms with van der Waals surface area (Å²) in [6.07, 6.45) is 5.63. The Morgan fingerprint density at radius 1 is 1.10 bits per heavy atom. The molecule has 10 heteroatoms. The number of carboxylic acids is 1. The van der Waals surface area contributed by atoms with E-state index in [1.165, 1.54) is 31.4 Å². The maximum absolute atomic E-state index is 12.2. The molecule has 1 aromatic rings. The number of carboxylic acid groups (broad SMARTS) is 1. The summed E-state index contributed by atoms with van der Waals surface area (Å²) in [5.41, 5.74) is 0.548. The van der Waals surface area contributed by atoms with Crippen LogP contribution >= 0.6 is 47.0 Å². The first-order valence-electron chi connectivity index (χ1n) is 9.40. The molecule has 0 aromatic heterocycles. The van der Waals surface area contributed by atoms with Crippen LogP contribution in [0.2, 0.25) is 0 Å². The van der Waals surface area contributed by atoms with Gasteiger partial charge in [0.1, 0.15) is 6.17 Å². The van der Waals surface area contributed by atoms with Gasteiger partial charge in [-0.05, 0) is 36.8 Å². The maximum atomic E-state index is 12.2. The lowest BCUT2D eigenvalue weighted by Crippen LogP contribution is -2.56. The SMILES string of the molecule is CCCCCCCCC(=O)NC(NC(=S)Nc1cccc(C(=O)O)c1)C(Cl)(Cl)Cl. The van der Waals surface area contributed by atoms with Crippen LogP contribution in [0.1, 0.15) is 62.2 Å². The summed E-state index contributed by atoms with van der Waals surface area (Å²) < 4.78 is -1.84. The number of hydrogen-bond donors (Lipinski definition) is 4. The first-order chi connectivity index (χ1) is 13.6. The van der Waals surface area contributed by atoms with E-state index < -0.39 is 15.9 Å². The predicted molar refractivity (Wildman–Crippen MR) is 123 cm³/mol. The summed E-state index contributed by atoms with van der Waals surface area (Å²) in [7, 11) is 0. The third-order valence-corrected chi connectivity index (χ3v) is 4.91. The largest absolute Gasteiger partial charge is 0.478 e. The summed E-state index contributed by atoms with van der Waals surface area (Å²) in [6, 6.07) is 6.08. The number of anilines is 1. The van der Waals surface area contributed by atoms with Gasteiger partial charge in [-0.3, -0.25) is 4.79 Å². The van der Waals surface area contributed by atoms with Crippen LogP contribution in [-0.4, -0.2) is 32.1 Å². The van der Waals surface area contributed by atoms with Crippen LogP contribution < -0.4 is 16.0 Å². The van der Waals surface area contributed by atoms with E-state index in [2.05, 4.69) is 22.9 Å². The number of halogens is 3. The molecule has 1 aromatic carbocycles. The zero-order chi connectivity index (χ0) is 21.9. The Hall–Kier alpha value is -1.28. The summed E-state index contributed by atoms with van der Waals surface area (Å²) in [6.45, 7) is 2.15. The van der Waals surface area contributed by atoms with E-state index in [9.17, 15) is 9.59 Å². The molecule has 1 amide bonds. The Morgan fingerprint density at radius 3 is 2.38 bits per heavy atom. The molecule has 0 aliphatic heterocycles. The first kappa shape index (κ1) is 25.8. The average Bonchev–Trinajstić information content (AvgIpc) is 2.63. The van der Waals surface area contributed by atoms with Crippen LogP contribution in [0, 0.1) is 0 Å². The molecule has 0 bridgehead atoms. The van der Waals surface area contributed by atoms with E-state index in [0.717, 1.165) is 19.3 Å². The van der Waals surface area contributed by atoms with Crippen molar-refractivity contribution >= 4 is 69.7 Å². The predicted octanol–water partition coefficient (Wildman–Crippen LogP) is 5.23. The average molecular weight is 483 g/mol. The van der Waals surface area contributed by atoms with Crippen molar-refractivity contribution in [1.29, 1.82) is 0 Å². The Morgan fingerprint density at radius 2 is 1.76 bits per heavy atom. The highest BCUT2D eigenvalue weighted by Gasteiger charge is 2.34. The van der Waals surface area contributed by atoms with Crippen molar-refractivity contribution in [3.05, 3.63) is 29.8 Å². The second-order valence-corrected chi connectivity index (χ2v) is 9.32. The lowest BCUT2D eigenvalue weighted by atomic mass is 10.1. The topological polar surface area (TPSA) is 90.5 Å². The maximum Gasteiger partial charge on any atom is 0.335 e. The quantitative estimate of drug-likeness (QED) is 0.149. The number of carbonyl (C=O) groups is 2. The number of thiocarbonyl (C=S) groups is 1. The Kier molecular flexibility index (Phi) is 11.6. The van der Waals surface area contributed by atoms with Gasteiger partial charge in [0.05, 0.1) is 5.56 Å². The van der Waals surface area contributed by atoms with E-state index >= 15 is 0 Å². The second kappa shape index (κ2) is 13.1. The lowest BCUT2D eigenvalue weighted by molar-refractivity contribution is -0.122. The van der Waals surface area contributed by atoms with Crippen LogP contribution in [0.4, 0.5) is 5.69 Å². The molecule has 0 saturated carbocycles. The summed E-state index contributed by atoms with van der Waals surface area (Å²) in [5, 5.41) is 17.3. The van der Waals surface area contributed by atoms with Crippen LogP contribution in [-0.2, 0) is 4.79 Å². The monoisotopic (exact) mass is 481 g/mol. The third-order valence-electron chi connectivity index (χ3n) is 4.03. The standard InChI is InChI=1S/C19H26Cl3N3O3S/c1-2-3-4-5-6-7-11-15(26)24-17(19(20,21)22)25-18(29)23-14-10-8-9-13(12-14)16(27)28/h8-10,12,17H,2-7,11H2,1H3,(H,24,26)(H,27,28)(H2,23,25,29). The first-order valence-corrected chi connectivity index (χ1v) is 10.9. The molecular formula is C19H26Cl3N3O3S. The van der Waals surface area contributed by atoms with Crippen LogP contribution in [0.5, 0.6) is 0 Å². The molecule has 0 fully saturated rings. The summed E-state index contributed by atoms with van der Waals surface area (Å²) in [4.78, 5) is 23.2. The molecular weight excluding hydrogens is 457 g/mol. The lowest BCUT2D eigenvalue weighted by Gasteiger charge is -2.27. The number of benzene rings is 1. The molecule has 1 rings (SSSR count). The fourth-order valence-corrected chi connectivity index (χ4v) is 3.09. The number of aromatic carboxylic acids is 1. The van der Waals surface area contributed by atoms with E-state index in [1.54, 1.807) is 12.1 Å². The number of amides is 1. The highest BCUT2D eigenvalue weighted by atomic mass is 35.6. The van der Waals surface area contributed by atoms with Gasteiger partial charge >= 0.3 is 5.97 Å². The second-order valence-electron chi connectivity index (χ2n) is 6.54. The number of alkyl halides is 3. The molecule has 0 heterocycles. The van der Waals surface area contributed by atoms with E-state index in [1.807, 2.05) is 0 Å². The number of hydrogen-bond acceptors (Lipinski definition) is 3. The van der Waals surface area contributed by atoms with Gasteiger partial charge in [0.2, 0.25) is 9.70 Å². The molecule has 6 nitrogen and oxygen atoms in total. The molecule has 0 saturated heterocycles. The Bertz CT molecular complexity index is 699. The molecule has 4 N–H and O–H groups in total. The summed E-state index contributed by atoms with van der Waals surface area (Å²) in [5.74, 6) is -1.31. The summed E-state index contributed by atoms with van der Waals surface area (Å²) >= 11 is 23.1. The minimum absolute atomic E-state index is 0.0729. The molecule has 0 aliphatic rings. The number of unbranched alkanes of at least 4 members (excludes halogenated alkanes) is 5. The number of carbonyl (C=O) groups excluding carboxylic acids is 1. The van der Waals surface area contributed by atoms with E-state index in [0.29, 0.717) is 12.1 Å². The van der Waals surface area contributed by atoms with Gasteiger partial charge in [-0.1, -0.05) is 79.9 Å². The van der Waals surface area contributed by atoms with Crippen molar-refractivity contribution in [3.63, 3.8) is 0 Å². The fraction of sp³-hybridized carbons (Fsp3) is 0.526. The van der Waals surface area contributed by atoms with Crippen molar-refractivity contribution in [2.45, 2.75) is 61.8 Å². The highest BCUT2D eigenvalue weighted by molar-refractivity contribution is 7.80. The number of rotatable bonds is 11. The minimum Gasteiger partial charge on any atom is -0.478 e. The normalized spacial score (nSPS) is 12.1. The molecule has 1 unspecified atom stereocenters. The van der Waals surface area contributed by atoms with Gasteiger partial charge in [0, 0.05) is 12.1 Å². The van der Waals surface area contributed by atoms with Crippen LogP contribution in [0.15, 0.2) is 24.3 Å². The molecule has 162 valence electrons. The third kappa shape index (κ3) is 10.9. The Balaban J connectivity index is 2.56. The zero-order valence-electron chi connectivity index (χ0n) is 16.1. The fourth-order valence-electron chi connectivity index (χ4n) is 2.53. The van der Waals surface area contributed by atoms with Crippen molar-refractivity contribution < 1.29 is 14.7 Å². The van der Waals surface area contributed by atoms with Crippen LogP contribution in [0.3, 0.4) is 0 Å². The minimum atomic E-state index is -1.84. The van der Waals surface area contributed by atoms with Crippen molar-refractivity contribution in [3.8, 4) is 0 Å². The Labute approximate surface area is 191 Å². The van der Waals surface area contributed by atoms with Gasteiger partial charge in [-0.15, -0.1) is 0 Å². The van der Waals surface area contributed by atoms with Crippen molar-refractivity contribution in [1.82, 2.24) is 10.6 Å². The molecule has 0 spiro atoms. The van der Waals surface area contributed by atoms with Gasteiger partial charge in [-0.2, -0.15) is 0 Å². The van der Waals surface area contributed by atoms with Crippen LogP contribution in [0.25, 0.3) is 0 Å². The van der Waals surface area contributed by atoms with Crippen molar-refractivity contribution in [2.75, 3.05) is 5.32 Å².